The van der Waals surface area contributed by atoms with Crippen LogP contribution in [0.2, 0.25) is 0 Å². The summed E-state index contributed by atoms with van der Waals surface area (Å²) in [5, 5.41) is 5.66. The third-order valence-electron chi connectivity index (χ3n) is 4.13. The monoisotopic (exact) mass is 368 g/mol. The lowest BCUT2D eigenvalue weighted by Crippen LogP contribution is -2.25. The van der Waals surface area contributed by atoms with Gasteiger partial charge < -0.3 is 15.6 Å². The standard InChI is InChI=1S/C19H20N4O2S/c1-12-15(18(20)25)10-17(23(12)9-8-21-13(2)24)16-11-26-19(22-16)14-6-4-3-5-7-14/h3-7,10-11H,8-9H2,1-2H3,(H2,20,25)(H,21,24). The van der Waals surface area contributed by atoms with Crippen molar-refractivity contribution >= 4 is 23.2 Å². The number of primary amides is 1. The largest absolute Gasteiger partial charge is 0.366 e. The van der Waals surface area contributed by atoms with Gasteiger partial charge in [0.05, 0.1) is 17.0 Å². The van der Waals surface area contributed by atoms with Crippen molar-refractivity contribution in [1.82, 2.24) is 14.9 Å². The first kappa shape index (κ1) is 17.9. The molecular weight excluding hydrogens is 348 g/mol. The van der Waals surface area contributed by atoms with Gasteiger partial charge in [-0.3, -0.25) is 9.59 Å². The van der Waals surface area contributed by atoms with Crippen molar-refractivity contribution in [3.8, 4) is 22.0 Å². The molecule has 3 N–H and O–H groups in total. The molecule has 0 spiro atoms. The van der Waals surface area contributed by atoms with E-state index in [4.69, 9.17) is 10.7 Å². The smallest absolute Gasteiger partial charge is 0.250 e. The van der Waals surface area contributed by atoms with E-state index in [1.54, 1.807) is 17.4 Å². The molecule has 0 aliphatic heterocycles. The molecular formula is C19H20N4O2S. The van der Waals surface area contributed by atoms with Gasteiger partial charge in [0.1, 0.15) is 5.01 Å². The summed E-state index contributed by atoms with van der Waals surface area (Å²) in [5.41, 5.74) is 9.40. The third kappa shape index (κ3) is 3.67. The molecule has 6 nitrogen and oxygen atoms in total. The summed E-state index contributed by atoms with van der Waals surface area (Å²) in [7, 11) is 0. The number of carbonyl (C=O) groups is 2. The summed E-state index contributed by atoms with van der Waals surface area (Å²) in [6.45, 7) is 4.32. The van der Waals surface area contributed by atoms with Crippen LogP contribution in [0, 0.1) is 6.92 Å². The number of carbonyl (C=O) groups excluding carboxylic acids is 2. The van der Waals surface area contributed by atoms with E-state index < -0.39 is 5.91 Å². The lowest BCUT2D eigenvalue weighted by atomic mass is 10.2. The van der Waals surface area contributed by atoms with E-state index in [1.807, 2.05) is 47.2 Å². The first-order valence-corrected chi connectivity index (χ1v) is 9.11. The molecule has 3 rings (SSSR count). The van der Waals surface area contributed by atoms with E-state index in [0.29, 0.717) is 18.7 Å². The molecule has 0 saturated carbocycles. The highest BCUT2D eigenvalue weighted by Crippen LogP contribution is 2.31. The number of amides is 2. The van der Waals surface area contributed by atoms with Gasteiger partial charge in [0.25, 0.3) is 5.91 Å². The van der Waals surface area contributed by atoms with Crippen molar-refractivity contribution in [2.75, 3.05) is 6.54 Å². The van der Waals surface area contributed by atoms with Crippen molar-refractivity contribution in [1.29, 1.82) is 0 Å². The van der Waals surface area contributed by atoms with Crippen LogP contribution in [0.15, 0.2) is 41.8 Å². The van der Waals surface area contributed by atoms with E-state index in [9.17, 15) is 9.59 Å². The van der Waals surface area contributed by atoms with Gasteiger partial charge in [-0.15, -0.1) is 11.3 Å². The molecule has 3 aromatic rings. The van der Waals surface area contributed by atoms with Gasteiger partial charge in [-0.1, -0.05) is 30.3 Å². The predicted molar refractivity (Wildman–Crippen MR) is 103 cm³/mol. The Bertz CT molecular complexity index is 944. The van der Waals surface area contributed by atoms with Crippen molar-refractivity contribution in [2.45, 2.75) is 20.4 Å². The summed E-state index contributed by atoms with van der Waals surface area (Å²) in [5.74, 6) is -0.563. The van der Waals surface area contributed by atoms with Crippen LogP contribution < -0.4 is 11.1 Å². The fraction of sp³-hybridized carbons (Fsp3) is 0.211. The number of nitrogens with one attached hydrogen (secondary N) is 1. The maximum atomic E-state index is 11.7. The SMILES string of the molecule is CC(=O)NCCn1c(-c2csc(-c3ccccc3)n2)cc(C(N)=O)c1C. The lowest BCUT2D eigenvalue weighted by molar-refractivity contribution is -0.118. The second kappa shape index (κ2) is 7.53. The summed E-state index contributed by atoms with van der Waals surface area (Å²) < 4.78 is 1.97. The van der Waals surface area contributed by atoms with Crippen LogP contribution in [-0.4, -0.2) is 27.9 Å². The van der Waals surface area contributed by atoms with E-state index in [2.05, 4.69) is 5.32 Å². The zero-order valence-corrected chi connectivity index (χ0v) is 15.5. The number of benzene rings is 1. The van der Waals surface area contributed by atoms with Crippen LogP contribution in [-0.2, 0) is 11.3 Å². The number of nitrogens with two attached hydrogens (primary N) is 1. The van der Waals surface area contributed by atoms with Gasteiger partial charge in [0.15, 0.2) is 0 Å². The second-order valence-corrected chi connectivity index (χ2v) is 6.79. The average Bonchev–Trinajstić information content (AvgIpc) is 3.21. The molecule has 2 amide bonds. The highest BCUT2D eigenvalue weighted by molar-refractivity contribution is 7.13. The van der Waals surface area contributed by atoms with Crippen LogP contribution in [0.25, 0.3) is 22.0 Å². The molecule has 0 aliphatic rings. The first-order valence-electron chi connectivity index (χ1n) is 8.23. The Morgan fingerprint density at radius 3 is 2.65 bits per heavy atom. The van der Waals surface area contributed by atoms with Gasteiger partial charge in [-0.05, 0) is 13.0 Å². The van der Waals surface area contributed by atoms with Crippen LogP contribution in [0.1, 0.15) is 23.0 Å². The maximum absolute atomic E-state index is 11.7. The Hall–Kier alpha value is -2.93. The molecule has 0 unspecified atom stereocenters. The van der Waals surface area contributed by atoms with E-state index >= 15 is 0 Å². The second-order valence-electron chi connectivity index (χ2n) is 5.93. The van der Waals surface area contributed by atoms with Crippen LogP contribution in [0.3, 0.4) is 0 Å². The molecule has 134 valence electrons. The summed E-state index contributed by atoms with van der Waals surface area (Å²) in [6, 6.07) is 11.7. The number of hydrogen-bond donors (Lipinski definition) is 2. The minimum absolute atomic E-state index is 0.0912. The molecule has 1 aromatic carbocycles. The fourth-order valence-corrected chi connectivity index (χ4v) is 3.66. The van der Waals surface area contributed by atoms with Gasteiger partial charge >= 0.3 is 0 Å². The Labute approximate surface area is 155 Å². The maximum Gasteiger partial charge on any atom is 0.250 e. The molecule has 0 atom stereocenters. The molecule has 0 aliphatic carbocycles. The Morgan fingerprint density at radius 2 is 2.00 bits per heavy atom. The fourth-order valence-electron chi connectivity index (χ4n) is 2.84. The van der Waals surface area contributed by atoms with Gasteiger partial charge in [-0.25, -0.2) is 4.98 Å². The molecule has 0 radical (unpaired) electrons. The molecule has 26 heavy (non-hydrogen) atoms. The average molecular weight is 368 g/mol. The predicted octanol–water partition coefficient (Wildman–Crippen LogP) is 2.82. The minimum atomic E-state index is -0.472. The summed E-state index contributed by atoms with van der Waals surface area (Å²) in [6.07, 6.45) is 0. The zero-order valence-electron chi connectivity index (χ0n) is 14.7. The number of aromatic nitrogens is 2. The minimum Gasteiger partial charge on any atom is -0.366 e. The quantitative estimate of drug-likeness (QED) is 0.701. The highest BCUT2D eigenvalue weighted by Gasteiger charge is 2.18. The van der Waals surface area contributed by atoms with Crippen molar-refractivity contribution in [3.63, 3.8) is 0 Å². The number of thiazole rings is 1. The van der Waals surface area contributed by atoms with E-state index in [-0.39, 0.29) is 5.91 Å². The van der Waals surface area contributed by atoms with Crippen LogP contribution in [0.4, 0.5) is 0 Å². The lowest BCUT2D eigenvalue weighted by Gasteiger charge is -2.11. The van der Waals surface area contributed by atoms with Crippen molar-refractivity contribution in [3.05, 3.63) is 53.0 Å². The summed E-state index contributed by atoms with van der Waals surface area (Å²) >= 11 is 1.55. The Kier molecular flexibility index (Phi) is 5.18. The number of rotatable bonds is 6. The van der Waals surface area contributed by atoms with Gasteiger partial charge in [0, 0.05) is 36.7 Å². The molecule has 0 bridgehead atoms. The van der Waals surface area contributed by atoms with E-state index in [0.717, 1.165) is 27.7 Å². The topological polar surface area (TPSA) is 90.0 Å². The van der Waals surface area contributed by atoms with Crippen molar-refractivity contribution in [2.24, 2.45) is 5.73 Å². The zero-order chi connectivity index (χ0) is 18.7. The highest BCUT2D eigenvalue weighted by atomic mass is 32.1. The van der Waals surface area contributed by atoms with E-state index in [1.165, 1.54) is 6.92 Å². The molecule has 0 fully saturated rings. The third-order valence-corrected chi connectivity index (χ3v) is 5.02. The Balaban J connectivity index is 1.98. The van der Waals surface area contributed by atoms with Crippen molar-refractivity contribution < 1.29 is 9.59 Å². The number of hydrogen-bond acceptors (Lipinski definition) is 4. The molecule has 0 saturated heterocycles. The summed E-state index contributed by atoms with van der Waals surface area (Å²) in [4.78, 5) is 27.6. The van der Waals surface area contributed by atoms with Crippen LogP contribution >= 0.6 is 11.3 Å². The Morgan fingerprint density at radius 1 is 1.27 bits per heavy atom. The van der Waals surface area contributed by atoms with Crippen LogP contribution in [0.5, 0.6) is 0 Å². The normalized spacial score (nSPS) is 10.7. The molecule has 2 heterocycles. The van der Waals surface area contributed by atoms with Gasteiger partial charge in [0.2, 0.25) is 5.91 Å². The molecule has 7 heteroatoms. The first-order chi connectivity index (χ1) is 12.5. The van der Waals surface area contributed by atoms with Gasteiger partial charge in [-0.2, -0.15) is 0 Å². The number of nitrogens with zero attached hydrogens (tertiary/aromatic N) is 2. The molecule has 2 aromatic heterocycles.